The number of ether oxygens (including phenoxy) is 1. The smallest absolute Gasteiger partial charge is 0.305 e. The van der Waals surface area contributed by atoms with Crippen molar-refractivity contribution < 1.29 is 19.7 Å². The number of unbranched alkanes of at least 4 members (excludes halogenated alkanes) is 1. The summed E-state index contributed by atoms with van der Waals surface area (Å²) in [5, 5.41) is 18.2. The normalized spacial score (nSPS) is 15.3. The van der Waals surface area contributed by atoms with Crippen LogP contribution >= 0.6 is 0 Å². The van der Waals surface area contributed by atoms with E-state index in [2.05, 4.69) is 4.74 Å². The van der Waals surface area contributed by atoms with E-state index in [9.17, 15) is 9.90 Å². The lowest BCUT2D eigenvalue weighted by atomic mass is 10.1. The zero-order valence-electron chi connectivity index (χ0n) is 7.54. The van der Waals surface area contributed by atoms with Crippen molar-refractivity contribution >= 4 is 5.97 Å². The Labute approximate surface area is 72.2 Å². The van der Waals surface area contributed by atoms with E-state index in [4.69, 9.17) is 5.11 Å². The Balaban J connectivity index is 3.95. The SMILES string of the molecule is CCCCC(O)(CO)OC(C)=O. The van der Waals surface area contributed by atoms with Crippen LogP contribution in [0.5, 0.6) is 0 Å². The molecule has 0 saturated carbocycles. The predicted octanol–water partition coefficient (Wildman–Crippen LogP) is 0.421. The van der Waals surface area contributed by atoms with E-state index < -0.39 is 18.4 Å². The highest BCUT2D eigenvalue weighted by atomic mass is 16.7. The minimum atomic E-state index is -1.68. The second-order valence-corrected chi connectivity index (χ2v) is 2.80. The van der Waals surface area contributed by atoms with Crippen molar-refractivity contribution in [1.82, 2.24) is 0 Å². The van der Waals surface area contributed by atoms with Crippen LogP contribution in [0.1, 0.15) is 33.1 Å². The second kappa shape index (κ2) is 5.11. The average Bonchev–Trinajstić information content (AvgIpc) is 2.00. The van der Waals surface area contributed by atoms with Crippen LogP contribution in [0, 0.1) is 0 Å². The van der Waals surface area contributed by atoms with Gasteiger partial charge in [-0.15, -0.1) is 0 Å². The van der Waals surface area contributed by atoms with Gasteiger partial charge in [0.15, 0.2) is 0 Å². The third-order valence-electron chi connectivity index (χ3n) is 1.50. The van der Waals surface area contributed by atoms with Gasteiger partial charge >= 0.3 is 5.97 Å². The molecule has 0 aromatic heterocycles. The fourth-order valence-electron chi connectivity index (χ4n) is 0.883. The zero-order valence-corrected chi connectivity index (χ0v) is 7.54. The number of carbonyl (C=O) groups is 1. The minimum Gasteiger partial charge on any atom is -0.431 e. The molecule has 0 aliphatic rings. The summed E-state index contributed by atoms with van der Waals surface area (Å²) in [4.78, 5) is 10.5. The predicted molar refractivity (Wildman–Crippen MR) is 43.3 cm³/mol. The molecule has 4 nitrogen and oxygen atoms in total. The Bertz CT molecular complexity index is 146. The van der Waals surface area contributed by atoms with Crippen molar-refractivity contribution in [2.24, 2.45) is 0 Å². The lowest BCUT2D eigenvalue weighted by molar-refractivity contribution is -0.224. The Morgan fingerprint density at radius 1 is 1.58 bits per heavy atom. The van der Waals surface area contributed by atoms with Crippen molar-refractivity contribution in [1.29, 1.82) is 0 Å². The van der Waals surface area contributed by atoms with E-state index in [0.29, 0.717) is 6.42 Å². The monoisotopic (exact) mass is 176 g/mol. The van der Waals surface area contributed by atoms with E-state index >= 15 is 0 Å². The molecule has 4 heteroatoms. The van der Waals surface area contributed by atoms with Gasteiger partial charge in [0.1, 0.15) is 6.61 Å². The molecule has 0 aliphatic carbocycles. The first kappa shape index (κ1) is 11.4. The lowest BCUT2D eigenvalue weighted by Gasteiger charge is -2.24. The summed E-state index contributed by atoms with van der Waals surface area (Å²) in [6.07, 6.45) is 1.87. The Morgan fingerprint density at radius 2 is 2.17 bits per heavy atom. The van der Waals surface area contributed by atoms with Crippen LogP contribution in [-0.2, 0) is 9.53 Å². The van der Waals surface area contributed by atoms with Gasteiger partial charge in [0.25, 0.3) is 0 Å². The molecule has 0 saturated heterocycles. The quantitative estimate of drug-likeness (QED) is 0.470. The highest BCUT2D eigenvalue weighted by Gasteiger charge is 2.28. The Kier molecular flexibility index (Phi) is 4.85. The molecule has 0 aromatic rings. The van der Waals surface area contributed by atoms with Crippen LogP contribution in [0.2, 0.25) is 0 Å². The maximum absolute atomic E-state index is 10.5. The van der Waals surface area contributed by atoms with Crippen molar-refractivity contribution in [2.75, 3.05) is 6.61 Å². The molecule has 0 aliphatic heterocycles. The molecular weight excluding hydrogens is 160 g/mol. The molecule has 0 radical (unpaired) electrons. The molecule has 12 heavy (non-hydrogen) atoms. The topological polar surface area (TPSA) is 66.8 Å². The first-order chi connectivity index (χ1) is 5.54. The van der Waals surface area contributed by atoms with Crippen LogP contribution in [-0.4, -0.2) is 28.6 Å². The summed E-state index contributed by atoms with van der Waals surface area (Å²) < 4.78 is 4.56. The van der Waals surface area contributed by atoms with E-state index in [0.717, 1.165) is 6.42 Å². The van der Waals surface area contributed by atoms with Gasteiger partial charge in [0.2, 0.25) is 5.79 Å². The first-order valence-corrected chi connectivity index (χ1v) is 4.07. The van der Waals surface area contributed by atoms with Gasteiger partial charge in [-0.2, -0.15) is 0 Å². The summed E-state index contributed by atoms with van der Waals surface area (Å²) in [7, 11) is 0. The molecule has 0 fully saturated rings. The number of carbonyl (C=O) groups excluding carboxylic acids is 1. The molecule has 72 valence electrons. The molecule has 0 aromatic carbocycles. The van der Waals surface area contributed by atoms with Crippen molar-refractivity contribution in [3.63, 3.8) is 0 Å². The molecule has 1 unspecified atom stereocenters. The fraction of sp³-hybridized carbons (Fsp3) is 0.875. The number of aliphatic hydroxyl groups excluding tert-OH is 1. The summed E-state index contributed by atoms with van der Waals surface area (Å²) in [5.74, 6) is -2.26. The zero-order chi connectivity index (χ0) is 9.61. The van der Waals surface area contributed by atoms with E-state index in [-0.39, 0.29) is 6.42 Å². The number of hydrogen-bond donors (Lipinski definition) is 2. The van der Waals surface area contributed by atoms with Gasteiger partial charge in [0, 0.05) is 13.3 Å². The van der Waals surface area contributed by atoms with Gasteiger partial charge < -0.3 is 14.9 Å². The van der Waals surface area contributed by atoms with Gasteiger partial charge in [0.05, 0.1) is 0 Å². The standard InChI is InChI=1S/C8H16O4/c1-3-4-5-8(11,6-9)12-7(2)10/h9,11H,3-6H2,1-2H3. The molecular formula is C8H16O4. The van der Waals surface area contributed by atoms with Gasteiger partial charge in [-0.3, -0.25) is 4.79 Å². The van der Waals surface area contributed by atoms with E-state index in [1.807, 2.05) is 6.92 Å². The molecule has 0 spiro atoms. The molecule has 1 atom stereocenters. The summed E-state index contributed by atoms with van der Waals surface area (Å²) >= 11 is 0. The first-order valence-electron chi connectivity index (χ1n) is 4.07. The summed E-state index contributed by atoms with van der Waals surface area (Å²) in [6, 6.07) is 0. The Morgan fingerprint density at radius 3 is 2.50 bits per heavy atom. The highest BCUT2D eigenvalue weighted by molar-refractivity contribution is 5.66. The third-order valence-corrected chi connectivity index (χ3v) is 1.50. The van der Waals surface area contributed by atoms with Crippen molar-refractivity contribution in [3.8, 4) is 0 Å². The van der Waals surface area contributed by atoms with Crippen molar-refractivity contribution in [2.45, 2.75) is 38.9 Å². The van der Waals surface area contributed by atoms with E-state index in [1.54, 1.807) is 0 Å². The molecule has 2 N–H and O–H groups in total. The largest absolute Gasteiger partial charge is 0.431 e. The number of aliphatic hydroxyl groups is 2. The van der Waals surface area contributed by atoms with Gasteiger partial charge in [-0.05, 0) is 6.42 Å². The average molecular weight is 176 g/mol. The van der Waals surface area contributed by atoms with Crippen LogP contribution in [0.15, 0.2) is 0 Å². The lowest BCUT2D eigenvalue weighted by Crippen LogP contribution is -2.38. The maximum atomic E-state index is 10.5. The van der Waals surface area contributed by atoms with Gasteiger partial charge in [-0.25, -0.2) is 0 Å². The van der Waals surface area contributed by atoms with Crippen LogP contribution in [0.4, 0.5) is 0 Å². The highest BCUT2D eigenvalue weighted by Crippen LogP contribution is 2.15. The minimum absolute atomic E-state index is 0.277. The van der Waals surface area contributed by atoms with Crippen molar-refractivity contribution in [3.05, 3.63) is 0 Å². The third kappa shape index (κ3) is 4.31. The second-order valence-electron chi connectivity index (χ2n) is 2.80. The number of rotatable bonds is 5. The van der Waals surface area contributed by atoms with Gasteiger partial charge in [-0.1, -0.05) is 13.3 Å². The molecule has 0 amide bonds. The van der Waals surface area contributed by atoms with Crippen LogP contribution in [0.25, 0.3) is 0 Å². The number of esters is 1. The summed E-state index contributed by atoms with van der Waals surface area (Å²) in [6.45, 7) is 2.60. The molecule has 0 heterocycles. The van der Waals surface area contributed by atoms with Crippen LogP contribution < -0.4 is 0 Å². The Hall–Kier alpha value is -0.610. The fourth-order valence-corrected chi connectivity index (χ4v) is 0.883. The molecule has 0 bridgehead atoms. The van der Waals surface area contributed by atoms with Crippen LogP contribution in [0.3, 0.4) is 0 Å². The van der Waals surface area contributed by atoms with E-state index in [1.165, 1.54) is 6.92 Å². The number of hydrogen-bond acceptors (Lipinski definition) is 4. The maximum Gasteiger partial charge on any atom is 0.305 e. The summed E-state index contributed by atoms with van der Waals surface area (Å²) in [5.41, 5.74) is 0. The molecule has 0 rings (SSSR count).